The van der Waals surface area contributed by atoms with Crippen LogP contribution >= 0.6 is 0 Å². The van der Waals surface area contributed by atoms with E-state index < -0.39 is 15.8 Å². The summed E-state index contributed by atoms with van der Waals surface area (Å²) >= 11 is 0. The van der Waals surface area contributed by atoms with Crippen molar-refractivity contribution in [1.29, 1.82) is 0 Å². The van der Waals surface area contributed by atoms with Crippen LogP contribution in [-0.2, 0) is 27.7 Å². The fourth-order valence-corrected chi connectivity index (χ4v) is 3.82. The van der Waals surface area contributed by atoms with E-state index in [1.54, 1.807) is 36.4 Å². The van der Waals surface area contributed by atoms with Crippen LogP contribution in [0.5, 0.6) is 0 Å². The molecule has 0 aliphatic rings. The second-order valence-electron chi connectivity index (χ2n) is 6.66. The number of rotatable bonds is 8. The third-order valence-corrected chi connectivity index (χ3v) is 5.74. The van der Waals surface area contributed by atoms with Crippen molar-refractivity contribution in [2.45, 2.75) is 17.7 Å². The minimum Gasteiger partial charge on any atom is -0.355 e. The topological polar surface area (TPSA) is 75.3 Å². The summed E-state index contributed by atoms with van der Waals surface area (Å²) in [6.07, 6.45) is 0.741. The largest absolute Gasteiger partial charge is 0.355 e. The SMILES string of the molecule is O=C(Cc1ccc(NS(=O)(=O)c2ccc(F)cc2)cc1)NCCc1ccc(F)cc1. The van der Waals surface area contributed by atoms with Crippen LogP contribution in [0, 0.1) is 11.6 Å². The van der Waals surface area contributed by atoms with Crippen LogP contribution in [0.1, 0.15) is 11.1 Å². The van der Waals surface area contributed by atoms with Gasteiger partial charge in [0.2, 0.25) is 5.91 Å². The minimum atomic E-state index is -3.83. The van der Waals surface area contributed by atoms with Crippen molar-refractivity contribution in [3.05, 3.63) is 95.6 Å². The Morgan fingerprint density at radius 3 is 1.90 bits per heavy atom. The van der Waals surface area contributed by atoms with Gasteiger partial charge in [0.05, 0.1) is 11.3 Å². The summed E-state index contributed by atoms with van der Waals surface area (Å²) < 4.78 is 52.9. The second-order valence-corrected chi connectivity index (χ2v) is 8.34. The number of halogens is 2. The summed E-state index contributed by atoms with van der Waals surface area (Å²) in [5.41, 5.74) is 1.98. The molecule has 0 aromatic heterocycles. The highest BCUT2D eigenvalue weighted by molar-refractivity contribution is 7.92. The fraction of sp³-hybridized carbons (Fsp3) is 0.136. The van der Waals surface area contributed by atoms with E-state index >= 15 is 0 Å². The Labute approximate surface area is 173 Å². The number of hydrogen-bond donors (Lipinski definition) is 2. The lowest BCUT2D eigenvalue weighted by atomic mass is 10.1. The van der Waals surface area contributed by atoms with Crippen LogP contribution in [0.2, 0.25) is 0 Å². The van der Waals surface area contributed by atoms with E-state index in [-0.39, 0.29) is 23.0 Å². The van der Waals surface area contributed by atoms with Crippen LogP contribution in [0.25, 0.3) is 0 Å². The second kappa shape index (κ2) is 9.49. The molecule has 0 saturated heterocycles. The van der Waals surface area contributed by atoms with Gasteiger partial charge in [0.15, 0.2) is 0 Å². The molecule has 2 N–H and O–H groups in total. The quantitative estimate of drug-likeness (QED) is 0.573. The first-order valence-electron chi connectivity index (χ1n) is 9.20. The lowest BCUT2D eigenvalue weighted by Gasteiger charge is -2.09. The molecule has 3 rings (SSSR count). The predicted octanol–water partition coefficient (Wildman–Crippen LogP) is 3.67. The Kier molecular flexibility index (Phi) is 6.79. The molecule has 0 unspecified atom stereocenters. The highest BCUT2D eigenvalue weighted by atomic mass is 32.2. The molecule has 1 amide bonds. The van der Waals surface area contributed by atoms with Crippen LogP contribution < -0.4 is 10.0 Å². The predicted molar refractivity (Wildman–Crippen MR) is 110 cm³/mol. The summed E-state index contributed by atoms with van der Waals surface area (Å²) in [7, 11) is -3.83. The highest BCUT2D eigenvalue weighted by Crippen LogP contribution is 2.17. The van der Waals surface area contributed by atoms with Gasteiger partial charge in [-0.1, -0.05) is 24.3 Å². The van der Waals surface area contributed by atoms with Gasteiger partial charge in [-0.15, -0.1) is 0 Å². The smallest absolute Gasteiger partial charge is 0.261 e. The molecule has 0 spiro atoms. The van der Waals surface area contributed by atoms with Crippen molar-refractivity contribution < 1.29 is 22.0 Å². The molecule has 8 heteroatoms. The van der Waals surface area contributed by atoms with Crippen molar-refractivity contribution in [2.75, 3.05) is 11.3 Å². The van der Waals surface area contributed by atoms with Gasteiger partial charge in [-0.2, -0.15) is 0 Å². The Bertz CT molecular complexity index is 1100. The normalized spacial score (nSPS) is 11.1. The number of sulfonamides is 1. The number of hydrogen-bond acceptors (Lipinski definition) is 3. The third-order valence-electron chi connectivity index (χ3n) is 4.34. The summed E-state index contributed by atoms with van der Waals surface area (Å²) in [5.74, 6) is -0.989. The first-order chi connectivity index (χ1) is 14.3. The van der Waals surface area contributed by atoms with Gasteiger partial charge in [0.1, 0.15) is 11.6 Å². The van der Waals surface area contributed by atoms with E-state index in [1.807, 2.05) is 0 Å². The number of nitrogens with one attached hydrogen (secondary N) is 2. The maximum Gasteiger partial charge on any atom is 0.261 e. The molecular weight excluding hydrogens is 410 g/mol. The van der Waals surface area contributed by atoms with E-state index in [1.165, 1.54) is 24.3 Å². The van der Waals surface area contributed by atoms with Gasteiger partial charge in [-0.25, -0.2) is 17.2 Å². The Morgan fingerprint density at radius 1 is 0.767 bits per heavy atom. The van der Waals surface area contributed by atoms with Crippen LogP contribution in [0.3, 0.4) is 0 Å². The van der Waals surface area contributed by atoms with E-state index in [4.69, 9.17) is 0 Å². The summed E-state index contributed by atoms with van der Waals surface area (Å²) in [5, 5.41) is 2.80. The Hall–Kier alpha value is -3.26. The molecule has 30 heavy (non-hydrogen) atoms. The average molecular weight is 430 g/mol. The lowest BCUT2D eigenvalue weighted by Crippen LogP contribution is -2.27. The molecule has 0 aliphatic carbocycles. The summed E-state index contributed by atoms with van der Waals surface area (Å²) in [6, 6.07) is 17.0. The van der Waals surface area contributed by atoms with Crippen molar-refractivity contribution in [1.82, 2.24) is 5.32 Å². The summed E-state index contributed by atoms with van der Waals surface area (Å²) in [4.78, 5) is 12.0. The molecular formula is C22H20F2N2O3S. The monoisotopic (exact) mass is 430 g/mol. The number of amides is 1. The van der Waals surface area contributed by atoms with Crippen molar-refractivity contribution in [3.8, 4) is 0 Å². The molecule has 0 bridgehead atoms. The maximum absolute atomic E-state index is 13.0. The molecule has 0 saturated carbocycles. The zero-order valence-electron chi connectivity index (χ0n) is 15.9. The van der Waals surface area contributed by atoms with E-state index in [2.05, 4.69) is 10.0 Å². The first-order valence-corrected chi connectivity index (χ1v) is 10.7. The highest BCUT2D eigenvalue weighted by Gasteiger charge is 2.14. The van der Waals surface area contributed by atoms with Gasteiger partial charge < -0.3 is 5.32 Å². The molecule has 0 atom stereocenters. The molecule has 3 aromatic carbocycles. The number of carbonyl (C=O) groups is 1. The van der Waals surface area contributed by atoms with E-state index in [0.29, 0.717) is 18.7 Å². The van der Waals surface area contributed by atoms with Gasteiger partial charge in [-0.05, 0) is 66.1 Å². The lowest BCUT2D eigenvalue weighted by molar-refractivity contribution is -0.120. The maximum atomic E-state index is 13.0. The molecule has 3 aromatic rings. The Morgan fingerprint density at radius 2 is 1.30 bits per heavy atom. The van der Waals surface area contributed by atoms with E-state index in [0.717, 1.165) is 23.3 Å². The average Bonchev–Trinajstić information content (AvgIpc) is 2.71. The van der Waals surface area contributed by atoms with Crippen molar-refractivity contribution in [3.63, 3.8) is 0 Å². The Balaban J connectivity index is 1.50. The van der Waals surface area contributed by atoms with Crippen LogP contribution in [0.15, 0.2) is 77.7 Å². The van der Waals surface area contributed by atoms with Gasteiger partial charge in [0.25, 0.3) is 10.0 Å². The van der Waals surface area contributed by atoms with Gasteiger partial charge in [0, 0.05) is 12.2 Å². The fourth-order valence-electron chi connectivity index (χ4n) is 2.76. The van der Waals surface area contributed by atoms with Gasteiger partial charge >= 0.3 is 0 Å². The van der Waals surface area contributed by atoms with Crippen LogP contribution in [0.4, 0.5) is 14.5 Å². The zero-order chi connectivity index (χ0) is 21.6. The molecule has 0 fully saturated rings. The first kappa shape index (κ1) is 21.4. The molecule has 5 nitrogen and oxygen atoms in total. The molecule has 0 heterocycles. The van der Waals surface area contributed by atoms with Crippen molar-refractivity contribution >= 4 is 21.6 Å². The summed E-state index contributed by atoms with van der Waals surface area (Å²) in [6.45, 7) is 0.431. The minimum absolute atomic E-state index is 0.0477. The van der Waals surface area contributed by atoms with E-state index in [9.17, 15) is 22.0 Å². The van der Waals surface area contributed by atoms with Crippen LogP contribution in [-0.4, -0.2) is 20.9 Å². The third kappa shape index (κ3) is 6.12. The number of anilines is 1. The molecule has 0 radical (unpaired) electrons. The number of benzene rings is 3. The van der Waals surface area contributed by atoms with Gasteiger partial charge in [-0.3, -0.25) is 9.52 Å². The zero-order valence-corrected chi connectivity index (χ0v) is 16.8. The molecule has 156 valence electrons. The molecule has 0 aliphatic heterocycles. The standard InChI is InChI=1S/C22H20F2N2O3S/c23-18-5-1-16(2-6-18)13-14-25-22(27)15-17-3-9-20(10-4-17)26-30(28,29)21-11-7-19(24)8-12-21/h1-12,26H,13-15H2,(H,25,27). The van der Waals surface area contributed by atoms with Crippen molar-refractivity contribution in [2.24, 2.45) is 0 Å². The number of carbonyl (C=O) groups excluding carboxylic acids is 1.